The Labute approximate surface area is 213 Å². The number of alkyl halides is 3. The number of benzene rings is 2. The van der Waals surface area contributed by atoms with Gasteiger partial charge in [-0.1, -0.05) is 31.2 Å². The van der Waals surface area contributed by atoms with E-state index in [1.54, 1.807) is 16.7 Å². The van der Waals surface area contributed by atoms with E-state index in [-0.39, 0.29) is 22.6 Å². The van der Waals surface area contributed by atoms with E-state index in [1.165, 1.54) is 23.3 Å². The van der Waals surface area contributed by atoms with E-state index < -0.39 is 11.7 Å². The topological polar surface area (TPSA) is 55.9 Å². The molecule has 0 bridgehead atoms. The van der Waals surface area contributed by atoms with Crippen LogP contribution in [0.4, 0.5) is 23.7 Å². The molecular formula is C26H31F3N4O2S. The largest absolute Gasteiger partial charge is 0.416 e. The zero-order valence-corrected chi connectivity index (χ0v) is 21.2. The number of halogens is 3. The zero-order valence-electron chi connectivity index (χ0n) is 20.4. The number of carbonyl (C=O) groups is 2. The number of aryl methyl sites for hydroxylation is 1. The van der Waals surface area contributed by atoms with Crippen LogP contribution in [0.25, 0.3) is 0 Å². The number of hydrogen-bond acceptors (Lipinski definition) is 4. The second kappa shape index (κ2) is 11.1. The van der Waals surface area contributed by atoms with E-state index in [1.807, 2.05) is 24.0 Å². The number of piperazine rings is 1. The van der Waals surface area contributed by atoms with Gasteiger partial charge in [-0.15, -0.1) is 11.8 Å². The molecule has 2 heterocycles. The molecule has 0 aromatic heterocycles. The van der Waals surface area contributed by atoms with Crippen LogP contribution in [-0.2, 0) is 11.0 Å². The van der Waals surface area contributed by atoms with Crippen molar-refractivity contribution >= 4 is 29.4 Å². The van der Waals surface area contributed by atoms with E-state index in [2.05, 4.69) is 29.3 Å². The lowest BCUT2D eigenvalue weighted by Crippen LogP contribution is -2.51. The Morgan fingerprint density at radius 2 is 1.69 bits per heavy atom. The van der Waals surface area contributed by atoms with Gasteiger partial charge < -0.3 is 15.1 Å². The molecule has 2 aromatic carbocycles. The van der Waals surface area contributed by atoms with Crippen LogP contribution >= 0.6 is 11.8 Å². The fourth-order valence-electron chi connectivity index (χ4n) is 4.56. The SMILES string of the molecule is CC[C@@H]1S[C@H](c2ccccc2C)N(CCN2CCN(C(=O)Nc3ccc(C(F)(F)F)cc3)CC2)C1=O. The van der Waals surface area contributed by atoms with Crippen molar-refractivity contribution in [3.63, 3.8) is 0 Å². The molecule has 6 nitrogen and oxygen atoms in total. The summed E-state index contributed by atoms with van der Waals surface area (Å²) in [5, 5.41) is 2.66. The number of amides is 3. The van der Waals surface area contributed by atoms with Crippen LogP contribution in [0, 0.1) is 6.92 Å². The third-order valence-electron chi connectivity index (χ3n) is 6.74. The minimum absolute atomic E-state index is 0.0134. The minimum Gasteiger partial charge on any atom is -0.324 e. The van der Waals surface area contributed by atoms with Crippen LogP contribution in [0.5, 0.6) is 0 Å². The third kappa shape index (κ3) is 5.98. The third-order valence-corrected chi connectivity index (χ3v) is 8.37. The van der Waals surface area contributed by atoms with Crippen LogP contribution in [-0.4, -0.2) is 71.2 Å². The Morgan fingerprint density at radius 1 is 1.03 bits per heavy atom. The first-order chi connectivity index (χ1) is 17.2. The van der Waals surface area contributed by atoms with Crippen LogP contribution in [0.2, 0.25) is 0 Å². The van der Waals surface area contributed by atoms with Crippen molar-refractivity contribution in [1.29, 1.82) is 0 Å². The second-order valence-electron chi connectivity index (χ2n) is 9.11. The van der Waals surface area contributed by atoms with Crippen LogP contribution in [0.1, 0.15) is 35.4 Å². The molecule has 2 aliphatic rings. The maximum Gasteiger partial charge on any atom is 0.416 e. The van der Waals surface area contributed by atoms with Crippen molar-refractivity contribution in [1.82, 2.24) is 14.7 Å². The molecule has 0 aliphatic carbocycles. The van der Waals surface area contributed by atoms with Gasteiger partial charge in [0.2, 0.25) is 5.91 Å². The number of nitrogens with one attached hydrogen (secondary N) is 1. The summed E-state index contributed by atoms with van der Waals surface area (Å²) in [6.45, 7) is 7.82. The molecule has 0 radical (unpaired) electrons. The van der Waals surface area contributed by atoms with Gasteiger partial charge in [-0.3, -0.25) is 9.69 Å². The molecule has 194 valence electrons. The number of hydrogen-bond donors (Lipinski definition) is 1. The van der Waals surface area contributed by atoms with Gasteiger partial charge in [0.15, 0.2) is 0 Å². The minimum atomic E-state index is -4.41. The Hall–Kier alpha value is -2.72. The number of rotatable bonds is 6. The number of carbonyl (C=O) groups excluding carboxylic acids is 2. The first kappa shape index (κ1) is 26.3. The summed E-state index contributed by atoms with van der Waals surface area (Å²) in [5.74, 6) is 0.185. The average molecular weight is 521 g/mol. The van der Waals surface area contributed by atoms with Crippen molar-refractivity contribution in [3.05, 3.63) is 65.2 Å². The Morgan fingerprint density at radius 3 is 2.31 bits per heavy atom. The molecule has 2 saturated heterocycles. The smallest absolute Gasteiger partial charge is 0.324 e. The Bertz CT molecular complexity index is 1070. The number of nitrogens with zero attached hydrogens (tertiary/aromatic N) is 3. The van der Waals surface area contributed by atoms with Gasteiger partial charge in [0, 0.05) is 45.0 Å². The molecular weight excluding hydrogens is 489 g/mol. The summed E-state index contributed by atoms with van der Waals surface area (Å²) in [6.07, 6.45) is -3.61. The lowest BCUT2D eigenvalue weighted by molar-refractivity contribution is -0.137. The predicted molar refractivity (Wildman–Crippen MR) is 136 cm³/mol. The molecule has 3 amide bonds. The molecule has 1 N–H and O–H groups in total. The first-order valence-electron chi connectivity index (χ1n) is 12.1. The molecule has 2 fully saturated rings. The van der Waals surface area contributed by atoms with Crippen LogP contribution in [0.15, 0.2) is 48.5 Å². The fraction of sp³-hybridized carbons (Fsp3) is 0.462. The standard InChI is InChI=1S/C26H31F3N4O2S/c1-3-22-23(34)33(24(36-22)21-7-5-4-6-18(21)2)17-14-31-12-15-32(16-13-31)25(35)30-20-10-8-19(9-11-20)26(27,28)29/h4-11,22,24H,3,12-17H2,1-2H3,(H,30,35)/t22-,24+/m0/s1. The highest BCUT2D eigenvalue weighted by Gasteiger charge is 2.40. The highest BCUT2D eigenvalue weighted by molar-refractivity contribution is 8.01. The van der Waals surface area contributed by atoms with Gasteiger partial charge in [0.25, 0.3) is 0 Å². The van der Waals surface area contributed by atoms with E-state index >= 15 is 0 Å². The molecule has 2 aliphatic heterocycles. The van der Waals surface area contributed by atoms with E-state index in [4.69, 9.17) is 0 Å². The van der Waals surface area contributed by atoms with Crippen molar-refractivity contribution < 1.29 is 22.8 Å². The van der Waals surface area contributed by atoms with E-state index in [0.717, 1.165) is 25.1 Å². The molecule has 36 heavy (non-hydrogen) atoms. The van der Waals surface area contributed by atoms with Gasteiger partial charge in [0.1, 0.15) is 5.37 Å². The van der Waals surface area contributed by atoms with Gasteiger partial charge in [0.05, 0.1) is 10.8 Å². The summed E-state index contributed by atoms with van der Waals surface area (Å²) in [5.41, 5.74) is 1.93. The Balaban J connectivity index is 1.29. The normalized spacial score (nSPS) is 21.2. The summed E-state index contributed by atoms with van der Waals surface area (Å²) < 4.78 is 38.2. The highest BCUT2D eigenvalue weighted by atomic mass is 32.2. The second-order valence-corrected chi connectivity index (χ2v) is 10.4. The number of thioether (sulfide) groups is 1. The van der Waals surface area contributed by atoms with Crippen molar-refractivity contribution in [3.8, 4) is 0 Å². The zero-order chi connectivity index (χ0) is 25.9. The van der Waals surface area contributed by atoms with Gasteiger partial charge >= 0.3 is 12.2 Å². The van der Waals surface area contributed by atoms with Gasteiger partial charge in [-0.25, -0.2) is 4.79 Å². The van der Waals surface area contributed by atoms with Gasteiger partial charge in [-0.05, 0) is 48.7 Å². The highest BCUT2D eigenvalue weighted by Crippen LogP contribution is 2.44. The molecule has 0 spiro atoms. The number of urea groups is 1. The van der Waals surface area contributed by atoms with Crippen molar-refractivity contribution in [2.75, 3.05) is 44.6 Å². The Kier molecular flexibility index (Phi) is 8.14. The molecule has 10 heteroatoms. The predicted octanol–water partition coefficient (Wildman–Crippen LogP) is 5.22. The average Bonchev–Trinajstić information content (AvgIpc) is 3.18. The molecule has 0 unspecified atom stereocenters. The monoisotopic (exact) mass is 520 g/mol. The maximum atomic E-state index is 13.1. The fourth-order valence-corrected chi connectivity index (χ4v) is 6.08. The van der Waals surface area contributed by atoms with Crippen molar-refractivity contribution in [2.24, 2.45) is 0 Å². The summed E-state index contributed by atoms with van der Waals surface area (Å²) >= 11 is 1.72. The quantitative estimate of drug-likeness (QED) is 0.568. The molecule has 2 atom stereocenters. The molecule has 4 rings (SSSR count). The van der Waals surface area contributed by atoms with Gasteiger partial charge in [-0.2, -0.15) is 13.2 Å². The van der Waals surface area contributed by atoms with Crippen molar-refractivity contribution in [2.45, 2.75) is 37.1 Å². The lowest BCUT2D eigenvalue weighted by atomic mass is 10.1. The van der Waals surface area contributed by atoms with Crippen LogP contribution in [0.3, 0.4) is 0 Å². The number of anilines is 1. The molecule has 2 aromatic rings. The van der Waals surface area contributed by atoms with E-state index in [9.17, 15) is 22.8 Å². The molecule has 0 saturated carbocycles. The van der Waals surface area contributed by atoms with Crippen LogP contribution < -0.4 is 5.32 Å². The maximum absolute atomic E-state index is 13.1. The summed E-state index contributed by atoms with van der Waals surface area (Å²) in [7, 11) is 0. The van der Waals surface area contributed by atoms with E-state index in [0.29, 0.717) is 38.4 Å². The lowest BCUT2D eigenvalue weighted by Gasteiger charge is -2.36. The summed E-state index contributed by atoms with van der Waals surface area (Å²) in [6, 6.07) is 12.3. The first-order valence-corrected chi connectivity index (χ1v) is 13.1. The summed E-state index contributed by atoms with van der Waals surface area (Å²) in [4.78, 5) is 31.5.